The molecule has 6 heteroatoms. The van der Waals surface area contributed by atoms with Crippen LogP contribution in [0.5, 0.6) is 0 Å². The van der Waals surface area contributed by atoms with Crippen molar-refractivity contribution in [2.75, 3.05) is 24.5 Å². The van der Waals surface area contributed by atoms with Crippen LogP contribution in [-0.2, 0) is 11.2 Å². The lowest BCUT2D eigenvalue weighted by Gasteiger charge is -2.38. The van der Waals surface area contributed by atoms with E-state index in [9.17, 15) is 4.79 Å². The Kier molecular flexibility index (Phi) is 4.86. The zero-order valence-electron chi connectivity index (χ0n) is 16.0. The third-order valence-electron chi connectivity index (χ3n) is 5.48. The molecule has 5 nitrogen and oxygen atoms in total. The zero-order valence-corrected chi connectivity index (χ0v) is 16.8. The van der Waals surface area contributed by atoms with Gasteiger partial charge in [-0.3, -0.25) is 4.79 Å². The highest BCUT2D eigenvalue weighted by molar-refractivity contribution is 7.17. The van der Waals surface area contributed by atoms with E-state index in [0.717, 1.165) is 68.2 Å². The van der Waals surface area contributed by atoms with Gasteiger partial charge in [0.2, 0.25) is 5.91 Å². The van der Waals surface area contributed by atoms with Crippen LogP contribution < -0.4 is 4.90 Å². The van der Waals surface area contributed by atoms with Crippen molar-refractivity contribution in [1.29, 1.82) is 0 Å². The van der Waals surface area contributed by atoms with E-state index in [-0.39, 0.29) is 0 Å². The Morgan fingerprint density at radius 2 is 2.12 bits per heavy atom. The Labute approximate surface area is 159 Å². The summed E-state index contributed by atoms with van der Waals surface area (Å²) in [5.74, 6) is 2.86. The highest BCUT2D eigenvalue weighted by Crippen LogP contribution is 2.35. The molecule has 2 aliphatic rings. The summed E-state index contributed by atoms with van der Waals surface area (Å²) >= 11 is 1.73. The maximum absolute atomic E-state index is 12.2. The van der Waals surface area contributed by atoms with Crippen molar-refractivity contribution >= 4 is 33.3 Å². The molecule has 1 amide bonds. The molecule has 26 heavy (non-hydrogen) atoms. The quantitative estimate of drug-likeness (QED) is 0.819. The Morgan fingerprint density at radius 3 is 2.85 bits per heavy atom. The predicted octanol–water partition coefficient (Wildman–Crippen LogP) is 3.79. The normalized spacial score (nSPS) is 21.4. The van der Waals surface area contributed by atoms with Crippen molar-refractivity contribution < 1.29 is 4.79 Å². The topological polar surface area (TPSA) is 49.3 Å². The van der Waals surface area contributed by atoms with Gasteiger partial charge in [0.15, 0.2) is 0 Å². The van der Waals surface area contributed by atoms with Gasteiger partial charge in [0.05, 0.1) is 5.39 Å². The molecular formula is C20H28N4OS. The van der Waals surface area contributed by atoms with Crippen LogP contribution in [0.15, 0.2) is 5.38 Å². The molecule has 0 aromatic carbocycles. The standard InChI is InChI=1S/C20H28N4OS/c1-13(2)10-15-12-26-20-18(15)19(21-14(3)22-20)23-8-4-6-16(11-23)24-9-5-7-17(24)25/h12-13,16H,4-11H2,1-3H3/t16-/m0/s1. The molecule has 2 fully saturated rings. The van der Waals surface area contributed by atoms with Crippen LogP contribution in [0.25, 0.3) is 10.2 Å². The summed E-state index contributed by atoms with van der Waals surface area (Å²) in [6.45, 7) is 9.33. The molecule has 0 radical (unpaired) electrons. The number of carbonyl (C=O) groups is 1. The summed E-state index contributed by atoms with van der Waals surface area (Å²) in [5.41, 5.74) is 1.37. The van der Waals surface area contributed by atoms with E-state index in [1.54, 1.807) is 11.3 Å². The van der Waals surface area contributed by atoms with Crippen LogP contribution >= 0.6 is 11.3 Å². The van der Waals surface area contributed by atoms with Gasteiger partial charge in [-0.25, -0.2) is 9.97 Å². The summed E-state index contributed by atoms with van der Waals surface area (Å²) in [6, 6.07) is 0.330. The Bertz CT molecular complexity index is 815. The van der Waals surface area contributed by atoms with Crippen LogP contribution in [-0.4, -0.2) is 46.5 Å². The molecule has 0 spiro atoms. The third-order valence-corrected chi connectivity index (χ3v) is 6.40. The number of hydrogen-bond acceptors (Lipinski definition) is 5. The Morgan fingerprint density at radius 1 is 1.27 bits per heavy atom. The molecule has 0 N–H and O–H groups in total. The number of carbonyl (C=O) groups excluding carboxylic acids is 1. The minimum absolute atomic E-state index is 0.330. The van der Waals surface area contributed by atoms with E-state index in [2.05, 4.69) is 34.0 Å². The Balaban J connectivity index is 1.68. The number of likely N-dealkylation sites (tertiary alicyclic amines) is 1. The van der Waals surface area contributed by atoms with Gasteiger partial charge in [0.25, 0.3) is 0 Å². The fourth-order valence-electron chi connectivity index (χ4n) is 4.36. The highest BCUT2D eigenvalue weighted by Gasteiger charge is 2.32. The van der Waals surface area contributed by atoms with Crippen molar-refractivity contribution in [3.05, 3.63) is 16.8 Å². The number of piperidine rings is 1. The van der Waals surface area contributed by atoms with Crippen LogP contribution in [0.3, 0.4) is 0 Å². The molecule has 2 aromatic heterocycles. The van der Waals surface area contributed by atoms with Crippen LogP contribution in [0.2, 0.25) is 0 Å². The Hall–Kier alpha value is -1.69. The molecule has 0 aliphatic carbocycles. The van der Waals surface area contributed by atoms with E-state index in [0.29, 0.717) is 17.9 Å². The lowest BCUT2D eigenvalue weighted by Crippen LogP contribution is -2.48. The molecule has 2 aliphatic heterocycles. The van der Waals surface area contributed by atoms with Gasteiger partial charge in [0.1, 0.15) is 16.5 Å². The second-order valence-electron chi connectivity index (χ2n) is 8.07. The maximum atomic E-state index is 12.2. The first-order chi connectivity index (χ1) is 12.5. The summed E-state index contributed by atoms with van der Waals surface area (Å²) in [4.78, 5) is 27.4. The predicted molar refractivity (Wildman–Crippen MR) is 107 cm³/mol. The summed E-state index contributed by atoms with van der Waals surface area (Å²) < 4.78 is 0. The van der Waals surface area contributed by atoms with Crippen molar-refractivity contribution in [3.63, 3.8) is 0 Å². The molecule has 1 atom stereocenters. The fourth-order valence-corrected chi connectivity index (χ4v) is 5.35. The molecule has 4 heterocycles. The van der Waals surface area contributed by atoms with E-state index >= 15 is 0 Å². The van der Waals surface area contributed by atoms with Crippen LogP contribution in [0.4, 0.5) is 5.82 Å². The van der Waals surface area contributed by atoms with Crippen LogP contribution in [0, 0.1) is 12.8 Å². The average molecular weight is 373 g/mol. The lowest BCUT2D eigenvalue weighted by atomic mass is 10.0. The second-order valence-corrected chi connectivity index (χ2v) is 8.92. The highest BCUT2D eigenvalue weighted by atomic mass is 32.1. The van der Waals surface area contributed by atoms with Gasteiger partial charge < -0.3 is 9.80 Å². The van der Waals surface area contributed by atoms with Crippen molar-refractivity contribution in [3.8, 4) is 0 Å². The van der Waals surface area contributed by atoms with Gasteiger partial charge in [-0.15, -0.1) is 11.3 Å². The fraction of sp³-hybridized carbons (Fsp3) is 0.650. The third kappa shape index (κ3) is 3.31. The molecule has 0 bridgehead atoms. The first kappa shape index (κ1) is 17.7. The average Bonchev–Trinajstić information content (AvgIpc) is 3.20. The van der Waals surface area contributed by atoms with Gasteiger partial charge in [-0.1, -0.05) is 13.8 Å². The maximum Gasteiger partial charge on any atom is 0.222 e. The molecule has 4 rings (SSSR count). The number of nitrogens with zero attached hydrogens (tertiary/aromatic N) is 4. The monoisotopic (exact) mass is 372 g/mol. The molecule has 0 unspecified atom stereocenters. The SMILES string of the molecule is Cc1nc(N2CCC[C@H](N3CCCC3=O)C2)c2c(CC(C)C)csc2n1. The number of aromatic nitrogens is 2. The van der Waals surface area contributed by atoms with Gasteiger partial charge in [-0.05, 0) is 49.5 Å². The number of hydrogen-bond donors (Lipinski definition) is 0. The van der Waals surface area contributed by atoms with E-state index in [1.165, 1.54) is 10.9 Å². The molecule has 0 saturated carbocycles. The smallest absolute Gasteiger partial charge is 0.222 e. The van der Waals surface area contributed by atoms with Gasteiger partial charge >= 0.3 is 0 Å². The van der Waals surface area contributed by atoms with E-state index < -0.39 is 0 Å². The lowest BCUT2D eigenvalue weighted by molar-refractivity contribution is -0.129. The number of amides is 1. The minimum Gasteiger partial charge on any atom is -0.354 e. The molecular weight excluding hydrogens is 344 g/mol. The number of fused-ring (bicyclic) bond motifs is 1. The number of thiophene rings is 1. The second kappa shape index (κ2) is 7.14. The molecule has 2 aromatic rings. The number of rotatable bonds is 4. The zero-order chi connectivity index (χ0) is 18.3. The minimum atomic E-state index is 0.330. The van der Waals surface area contributed by atoms with E-state index in [4.69, 9.17) is 4.98 Å². The van der Waals surface area contributed by atoms with E-state index in [1.807, 2.05) is 6.92 Å². The summed E-state index contributed by atoms with van der Waals surface area (Å²) in [6.07, 6.45) is 5.01. The molecule has 140 valence electrons. The summed E-state index contributed by atoms with van der Waals surface area (Å²) in [7, 11) is 0. The van der Waals surface area contributed by atoms with Crippen molar-refractivity contribution in [2.24, 2.45) is 5.92 Å². The number of aryl methyl sites for hydroxylation is 1. The first-order valence-electron chi connectivity index (χ1n) is 9.82. The van der Waals surface area contributed by atoms with Gasteiger partial charge in [-0.2, -0.15) is 0 Å². The summed E-state index contributed by atoms with van der Waals surface area (Å²) in [5, 5.41) is 3.50. The van der Waals surface area contributed by atoms with Crippen molar-refractivity contribution in [1.82, 2.24) is 14.9 Å². The molecule has 2 saturated heterocycles. The van der Waals surface area contributed by atoms with Crippen molar-refractivity contribution in [2.45, 2.75) is 58.9 Å². The largest absolute Gasteiger partial charge is 0.354 e. The van der Waals surface area contributed by atoms with Gasteiger partial charge in [0, 0.05) is 32.1 Å². The van der Waals surface area contributed by atoms with Crippen LogP contribution in [0.1, 0.15) is 50.9 Å². The number of anilines is 1. The first-order valence-corrected chi connectivity index (χ1v) is 10.7.